The maximum atomic E-state index is 14.5. The van der Waals surface area contributed by atoms with E-state index < -0.39 is 47.0 Å². The Morgan fingerprint density at radius 3 is 1.08 bits per heavy atom. The fraction of sp³-hybridized carbons (Fsp3) is 0.0800. The number of hydrogen-bond acceptors (Lipinski definition) is 2. The molecule has 0 aliphatic heterocycles. The van der Waals surface area contributed by atoms with Crippen molar-refractivity contribution < 1.29 is 52.7 Å². The molecule has 326 valence electrons. The highest BCUT2D eigenvalue weighted by atomic mass is 19.4. The second kappa shape index (κ2) is 15.7. The molecular weight excluding hydrogens is 871 g/mol. The molecule has 0 aliphatic carbocycles. The molecule has 2 heterocycles. The lowest BCUT2D eigenvalue weighted by molar-refractivity contribution is -0.138. The van der Waals surface area contributed by atoms with Crippen LogP contribution in [0.2, 0.25) is 0 Å². The Balaban J connectivity index is 1.47. The third-order valence-electron chi connectivity index (χ3n) is 10.9. The van der Waals surface area contributed by atoms with Crippen LogP contribution in [0.1, 0.15) is 22.3 Å². The minimum absolute atomic E-state index is 0.00920. The highest BCUT2D eigenvalue weighted by Gasteiger charge is 2.36. The van der Waals surface area contributed by atoms with Crippen LogP contribution >= 0.6 is 0 Å². The molecule has 9 aromatic rings. The minimum Gasteiger partial charge on any atom is -0.308 e. The predicted molar refractivity (Wildman–Crippen MR) is 224 cm³/mol. The zero-order chi connectivity index (χ0) is 46.1. The first kappa shape index (κ1) is 42.9. The number of halogens is 12. The topological polar surface area (TPSA) is 30.7 Å². The maximum Gasteiger partial charge on any atom is 0.416 e. The van der Waals surface area contributed by atoms with Crippen molar-refractivity contribution in [2.75, 3.05) is 0 Å². The summed E-state index contributed by atoms with van der Waals surface area (Å²) in [5.74, 6) is -0.00920. The van der Waals surface area contributed by atoms with E-state index >= 15 is 0 Å². The van der Waals surface area contributed by atoms with Crippen LogP contribution in [0.15, 0.2) is 164 Å². The van der Waals surface area contributed by atoms with Gasteiger partial charge in [-0.05, 0) is 90.0 Å². The van der Waals surface area contributed by atoms with E-state index in [4.69, 9.17) is 9.97 Å². The van der Waals surface area contributed by atoms with Gasteiger partial charge < -0.3 is 4.57 Å². The van der Waals surface area contributed by atoms with Gasteiger partial charge in [-0.3, -0.25) is 0 Å². The zero-order valence-electron chi connectivity index (χ0n) is 33.0. The summed E-state index contributed by atoms with van der Waals surface area (Å²) >= 11 is 0. The zero-order valence-corrected chi connectivity index (χ0v) is 33.0. The lowest BCUT2D eigenvalue weighted by atomic mass is 9.91. The van der Waals surface area contributed by atoms with Crippen molar-refractivity contribution in [1.82, 2.24) is 14.5 Å². The molecular formula is C50H27F12N3. The molecule has 2 aromatic heterocycles. The van der Waals surface area contributed by atoms with Crippen molar-refractivity contribution in [3.8, 4) is 61.8 Å². The van der Waals surface area contributed by atoms with Crippen molar-refractivity contribution in [2.45, 2.75) is 24.7 Å². The van der Waals surface area contributed by atoms with E-state index in [0.717, 1.165) is 48.5 Å². The smallest absolute Gasteiger partial charge is 0.308 e. The van der Waals surface area contributed by atoms with Gasteiger partial charge in [0.25, 0.3) is 0 Å². The molecule has 0 amide bonds. The van der Waals surface area contributed by atoms with Crippen LogP contribution in [0.3, 0.4) is 0 Å². The van der Waals surface area contributed by atoms with E-state index in [9.17, 15) is 52.7 Å². The summed E-state index contributed by atoms with van der Waals surface area (Å²) in [5, 5.41) is -0.636. The first-order valence-electron chi connectivity index (χ1n) is 19.5. The third-order valence-corrected chi connectivity index (χ3v) is 10.9. The summed E-state index contributed by atoms with van der Waals surface area (Å²) in [5.41, 5.74) is -3.39. The van der Waals surface area contributed by atoms with Crippen LogP contribution in [0.5, 0.6) is 0 Å². The maximum absolute atomic E-state index is 14.5. The van der Waals surface area contributed by atoms with Gasteiger partial charge in [0.2, 0.25) is 0 Å². The molecule has 0 saturated heterocycles. The monoisotopic (exact) mass is 897 g/mol. The molecule has 15 heteroatoms. The molecule has 0 atom stereocenters. The van der Waals surface area contributed by atoms with Crippen LogP contribution in [0.4, 0.5) is 52.7 Å². The van der Waals surface area contributed by atoms with Crippen molar-refractivity contribution >= 4 is 21.8 Å². The molecule has 3 nitrogen and oxygen atoms in total. The number of aromatic nitrogens is 3. The van der Waals surface area contributed by atoms with Crippen molar-refractivity contribution in [3.05, 3.63) is 186 Å². The first-order valence-corrected chi connectivity index (χ1v) is 19.5. The summed E-state index contributed by atoms with van der Waals surface area (Å²) in [7, 11) is 0. The SMILES string of the molecule is FC(F)(F)c1cccc(-c2cc(-c3nc(-c4ccccc4)cc(-c4ccccc4)n3)cc(-c3cccc(C(F)(F)F)c3)c2-n2c3ccc(C(F)(F)F)cc3c3cc(C(F)(F)F)ccc32)c1. The highest BCUT2D eigenvalue weighted by Crippen LogP contribution is 2.47. The van der Waals surface area contributed by atoms with Gasteiger partial charge in [-0.15, -0.1) is 0 Å². The molecule has 0 aliphatic rings. The van der Waals surface area contributed by atoms with Gasteiger partial charge in [0.15, 0.2) is 5.82 Å². The largest absolute Gasteiger partial charge is 0.416 e. The van der Waals surface area contributed by atoms with E-state index in [1.54, 1.807) is 66.7 Å². The fourth-order valence-corrected chi connectivity index (χ4v) is 7.88. The number of fused-ring (bicyclic) bond motifs is 3. The Bertz CT molecular complexity index is 3050. The number of hydrogen-bond donors (Lipinski definition) is 0. The molecule has 0 unspecified atom stereocenters. The molecule has 0 fully saturated rings. The van der Waals surface area contributed by atoms with Gasteiger partial charge in [0.1, 0.15) is 0 Å². The number of benzene rings is 7. The first-order chi connectivity index (χ1) is 30.7. The predicted octanol–water partition coefficient (Wildman–Crippen LogP) is 16.0. The van der Waals surface area contributed by atoms with Crippen LogP contribution < -0.4 is 0 Å². The van der Waals surface area contributed by atoms with Crippen LogP contribution in [0.25, 0.3) is 83.6 Å². The summed E-state index contributed by atoms with van der Waals surface area (Å²) in [4.78, 5) is 9.70. The Labute approximate surface area is 360 Å². The van der Waals surface area contributed by atoms with Gasteiger partial charge in [-0.25, -0.2) is 9.97 Å². The molecule has 0 saturated carbocycles. The molecule has 0 radical (unpaired) electrons. The lowest BCUT2D eigenvalue weighted by Gasteiger charge is -2.22. The molecule has 9 rings (SSSR count). The van der Waals surface area contributed by atoms with E-state index in [2.05, 4.69) is 0 Å². The fourth-order valence-electron chi connectivity index (χ4n) is 7.88. The van der Waals surface area contributed by atoms with E-state index in [1.807, 2.05) is 0 Å². The number of rotatable bonds is 6. The highest BCUT2D eigenvalue weighted by molar-refractivity contribution is 6.11. The summed E-state index contributed by atoms with van der Waals surface area (Å²) < 4.78 is 174. The second-order valence-electron chi connectivity index (χ2n) is 15.1. The van der Waals surface area contributed by atoms with Crippen molar-refractivity contribution in [1.29, 1.82) is 0 Å². The van der Waals surface area contributed by atoms with Gasteiger partial charge in [-0.2, -0.15) is 52.7 Å². The van der Waals surface area contributed by atoms with E-state index in [0.29, 0.717) is 46.8 Å². The average Bonchev–Trinajstić information content (AvgIpc) is 3.61. The standard InChI is InChI=1S/C50H27F12N3/c51-47(52,53)33-15-7-13-30(21-33)37-23-32(46-63-41(28-9-3-1-4-10-28)27-42(64-46)29-11-5-2-6-12-29)24-38(31-14-8-16-34(22-31)48(54,55)56)45(37)65-43-19-17-35(49(57,58)59)25-39(43)40-26-36(50(60,61)62)18-20-44(40)65/h1-27H. The minimum atomic E-state index is -4.95. The number of alkyl halides is 12. The molecule has 0 N–H and O–H groups in total. The molecule has 0 spiro atoms. The Morgan fingerprint density at radius 2 is 0.692 bits per heavy atom. The average molecular weight is 898 g/mol. The van der Waals surface area contributed by atoms with Crippen LogP contribution in [0, 0.1) is 0 Å². The Hall–Kier alpha value is -7.42. The van der Waals surface area contributed by atoms with Crippen molar-refractivity contribution in [3.63, 3.8) is 0 Å². The van der Waals surface area contributed by atoms with Crippen LogP contribution in [-0.2, 0) is 24.7 Å². The van der Waals surface area contributed by atoms with Gasteiger partial charge >= 0.3 is 24.7 Å². The van der Waals surface area contributed by atoms with Gasteiger partial charge in [-0.1, -0.05) is 84.9 Å². The summed E-state index contributed by atoms with van der Waals surface area (Å²) in [6.07, 6.45) is -19.7. The van der Waals surface area contributed by atoms with E-state index in [-0.39, 0.29) is 61.1 Å². The molecule has 7 aromatic carbocycles. The lowest BCUT2D eigenvalue weighted by Crippen LogP contribution is -2.07. The normalized spacial score (nSPS) is 12.6. The third kappa shape index (κ3) is 8.29. The molecule has 0 bridgehead atoms. The van der Waals surface area contributed by atoms with Crippen LogP contribution in [-0.4, -0.2) is 14.5 Å². The molecule has 65 heavy (non-hydrogen) atoms. The van der Waals surface area contributed by atoms with Crippen molar-refractivity contribution in [2.24, 2.45) is 0 Å². The quantitative estimate of drug-likeness (QED) is 0.156. The van der Waals surface area contributed by atoms with Gasteiger partial charge in [0, 0.05) is 38.6 Å². The Morgan fingerprint density at radius 1 is 0.323 bits per heavy atom. The van der Waals surface area contributed by atoms with Gasteiger partial charge in [0.05, 0.1) is 50.4 Å². The summed E-state index contributed by atoms with van der Waals surface area (Å²) in [6, 6.07) is 35.0. The Kier molecular flexibility index (Phi) is 10.3. The van der Waals surface area contributed by atoms with E-state index in [1.165, 1.54) is 28.8 Å². The summed E-state index contributed by atoms with van der Waals surface area (Å²) in [6.45, 7) is 0. The second-order valence-corrected chi connectivity index (χ2v) is 15.1. The number of nitrogens with zero attached hydrogens (tertiary/aromatic N) is 3.